The molecule has 0 aliphatic rings. The van der Waals surface area contributed by atoms with Crippen LogP contribution in [0.3, 0.4) is 0 Å². The smallest absolute Gasteiger partial charge is 0.272 e. The second-order valence-electron chi connectivity index (χ2n) is 6.19. The van der Waals surface area contributed by atoms with Gasteiger partial charge in [0.2, 0.25) is 0 Å². The number of aryl methyl sites for hydroxylation is 1. The summed E-state index contributed by atoms with van der Waals surface area (Å²) in [6, 6.07) is 11.6. The van der Waals surface area contributed by atoms with Gasteiger partial charge in [0.1, 0.15) is 5.69 Å². The van der Waals surface area contributed by atoms with E-state index in [-0.39, 0.29) is 5.69 Å². The molecule has 0 spiro atoms. The van der Waals surface area contributed by atoms with Crippen LogP contribution < -0.4 is 5.43 Å². The van der Waals surface area contributed by atoms with Crippen LogP contribution in [0.15, 0.2) is 53.6 Å². The molecule has 0 unspecified atom stereocenters. The number of aromatic nitrogens is 2. The van der Waals surface area contributed by atoms with Crippen molar-refractivity contribution in [1.82, 2.24) is 9.78 Å². The van der Waals surface area contributed by atoms with Crippen molar-refractivity contribution in [3.05, 3.63) is 81.2 Å². The van der Waals surface area contributed by atoms with Crippen molar-refractivity contribution >= 4 is 17.6 Å². The van der Waals surface area contributed by atoms with Gasteiger partial charge in [0.15, 0.2) is 0 Å². The first-order valence-electron chi connectivity index (χ1n) is 8.45. The van der Waals surface area contributed by atoms with Crippen LogP contribution in [0.4, 0.5) is 24.5 Å². The molecule has 0 aliphatic heterocycles. The highest BCUT2D eigenvalue weighted by Gasteiger charge is 2.33. The van der Waals surface area contributed by atoms with E-state index in [1.807, 2.05) is 37.3 Å². The third-order valence-electron chi connectivity index (χ3n) is 4.25. The normalized spacial score (nSPS) is 11.8. The number of hydrogen-bond donors (Lipinski definition) is 1. The number of anilines is 1. The number of hydrazone groups is 1. The molecule has 1 aromatic heterocycles. The molecule has 1 N–H and O–H groups in total. The van der Waals surface area contributed by atoms with Gasteiger partial charge in [-0.25, -0.2) is 4.68 Å². The quantitative estimate of drug-likeness (QED) is 0.374. The van der Waals surface area contributed by atoms with E-state index >= 15 is 0 Å². The number of hydrogen-bond acceptors (Lipinski definition) is 5. The Morgan fingerprint density at radius 2 is 1.86 bits per heavy atom. The minimum absolute atomic E-state index is 0.148. The zero-order valence-corrected chi connectivity index (χ0v) is 15.4. The number of nitro groups is 1. The second kappa shape index (κ2) is 7.74. The molecule has 3 rings (SSSR count). The van der Waals surface area contributed by atoms with Crippen LogP contribution in [-0.2, 0) is 6.18 Å². The van der Waals surface area contributed by atoms with Crippen LogP contribution in [0.25, 0.3) is 5.69 Å². The average molecular weight is 403 g/mol. The number of alkyl halides is 3. The highest BCUT2D eigenvalue weighted by Crippen LogP contribution is 2.35. The Hall–Kier alpha value is -3.69. The summed E-state index contributed by atoms with van der Waals surface area (Å²) in [6.07, 6.45) is -3.24. The van der Waals surface area contributed by atoms with Gasteiger partial charge < -0.3 is 0 Å². The standard InChI is InChI=1S/C19H16F3N5O2/c1-12-16(13(2)26(25-12)15-6-4-3-5-7-15)11-23-24-17-9-8-14(19(20,21)22)10-18(17)27(28)29/h3-11,24H,1-2H3. The maximum Gasteiger partial charge on any atom is 0.416 e. The molecular weight excluding hydrogens is 387 g/mol. The van der Waals surface area contributed by atoms with Crippen molar-refractivity contribution in [2.24, 2.45) is 5.10 Å². The van der Waals surface area contributed by atoms with Gasteiger partial charge in [-0.1, -0.05) is 18.2 Å². The second-order valence-corrected chi connectivity index (χ2v) is 6.19. The number of nitrogens with zero attached hydrogens (tertiary/aromatic N) is 4. The average Bonchev–Trinajstić information content (AvgIpc) is 2.96. The summed E-state index contributed by atoms with van der Waals surface area (Å²) < 4.78 is 40.1. The number of nitro benzene ring substituents is 1. The van der Waals surface area contributed by atoms with Crippen molar-refractivity contribution in [2.45, 2.75) is 20.0 Å². The lowest BCUT2D eigenvalue weighted by Gasteiger charge is -2.08. The molecule has 0 bridgehead atoms. The van der Waals surface area contributed by atoms with Crippen molar-refractivity contribution < 1.29 is 18.1 Å². The summed E-state index contributed by atoms with van der Waals surface area (Å²) in [7, 11) is 0. The van der Waals surface area contributed by atoms with E-state index in [0.717, 1.165) is 23.5 Å². The molecule has 0 saturated carbocycles. The summed E-state index contributed by atoms with van der Waals surface area (Å²) in [5.74, 6) is 0. The fourth-order valence-electron chi connectivity index (χ4n) is 2.78. The van der Waals surface area contributed by atoms with Gasteiger partial charge >= 0.3 is 6.18 Å². The Morgan fingerprint density at radius 3 is 2.48 bits per heavy atom. The molecule has 0 radical (unpaired) electrons. The van der Waals surface area contributed by atoms with E-state index in [1.54, 1.807) is 11.6 Å². The summed E-state index contributed by atoms with van der Waals surface area (Å²) in [5, 5.41) is 19.6. The largest absolute Gasteiger partial charge is 0.416 e. The summed E-state index contributed by atoms with van der Waals surface area (Å²) in [5.41, 5.74) is 3.50. The zero-order valence-electron chi connectivity index (χ0n) is 15.4. The predicted molar refractivity (Wildman–Crippen MR) is 102 cm³/mol. The number of para-hydroxylation sites is 1. The van der Waals surface area contributed by atoms with Gasteiger partial charge in [-0.3, -0.25) is 15.5 Å². The van der Waals surface area contributed by atoms with E-state index in [2.05, 4.69) is 15.6 Å². The molecule has 0 atom stereocenters. The predicted octanol–water partition coefficient (Wildman–Crippen LogP) is 4.86. The minimum atomic E-state index is -4.67. The van der Waals surface area contributed by atoms with Crippen LogP contribution in [0.2, 0.25) is 0 Å². The lowest BCUT2D eigenvalue weighted by molar-refractivity contribution is -0.384. The highest BCUT2D eigenvalue weighted by molar-refractivity contribution is 5.83. The first-order chi connectivity index (χ1) is 13.7. The fraction of sp³-hybridized carbons (Fsp3) is 0.158. The van der Waals surface area contributed by atoms with Gasteiger partial charge in [-0.15, -0.1) is 0 Å². The molecule has 29 heavy (non-hydrogen) atoms. The lowest BCUT2D eigenvalue weighted by atomic mass is 10.1. The molecule has 2 aromatic carbocycles. The van der Waals surface area contributed by atoms with Gasteiger partial charge in [0.05, 0.1) is 33.8 Å². The number of rotatable bonds is 5. The maximum absolute atomic E-state index is 12.8. The van der Waals surface area contributed by atoms with Crippen molar-refractivity contribution in [3.63, 3.8) is 0 Å². The fourth-order valence-corrected chi connectivity index (χ4v) is 2.78. The Morgan fingerprint density at radius 1 is 1.17 bits per heavy atom. The Balaban J connectivity index is 1.87. The monoisotopic (exact) mass is 403 g/mol. The molecule has 0 saturated heterocycles. The van der Waals surface area contributed by atoms with Crippen LogP contribution in [0.5, 0.6) is 0 Å². The molecule has 150 valence electrons. The summed E-state index contributed by atoms with van der Waals surface area (Å²) in [4.78, 5) is 10.2. The molecular formula is C19H16F3N5O2. The Labute approximate surface area is 163 Å². The molecule has 0 aliphatic carbocycles. The van der Waals surface area contributed by atoms with E-state index in [1.165, 1.54) is 6.21 Å². The third kappa shape index (κ3) is 4.26. The number of halogens is 3. The molecule has 0 fully saturated rings. The van der Waals surface area contributed by atoms with E-state index < -0.39 is 22.4 Å². The molecule has 0 amide bonds. The van der Waals surface area contributed by atoms with Crippen molar-refractivity contribution in [2.75, 3.05) is 5.43 Å². The molecule has 7 nitrogen and oxygen atoms in total. The lowest BCUT2D eigenvalue weighted by Crippen LogP contribution is -2.06. The summed E-state index contributed by atoms with van der Waals surface area (Å²) in [6.45, 7) is 3.63. The first-order valence-corrected chi connectivity index (χ1v) is 8.45. The molecule has 10 heteroatoms. The first kappa shape index (κ1) is 20.1. The third-order valence-corrected chi connectivity index (χ3v) is 4.25. The molecule has 1 heterocycles. The van der Waals surface area contributed by atoms with Gasteiger partial charge in [-0.2, -0.15) is 23.4 Å². The van der Waals surface area contributed by atoms with Gasteiger partial charge in [0, 0.05) is 11.6 Å². The number of benzene rings is 2. The minimum Gasteiger partial charge on any atom is -0.272 e. The maximum atomic E-state index is 12.8. The van der Waals surface area contributed by atoms with Crippen LogP contribution in [0.1, 0.15) is 22.5 Å². The van der Waals surface area contributed by atoms with E-state index in [9.17, 15) is 23.3 Å². The van der Waals surface area contributed by atoms with Crippen LogP contribution in [0, 0.1) is 24.0 Å². The van der Waals surface area contributed by atoms with Crippen molar-refractivity contribution in [3.8, 4) is 5.69 Å². The SMILES string of the molecule is Cc1nn(-c2ccccc2)c(C)c1C=NNc1ccc(C(F)(F)F)cc1[N+](=O)[O-]. The zero-order chi connectivity index (χ0) is 21.2. The Kier molecular flexibility index (Phi) is 5.35. The molecule has 3 aromatic rings. The summed E-state index contributed by atoms with van der Waals surface area (Å²) >= 11 is 0. The van der Waals surface area contributed by atoms with Crippen LogP contribution in [-0.4, -0.2) is 20.9 Å². The van der Waals surface area contributed by atoms with E-state index in [0.29, 0.717) is 17.3 Å². The topological polar surface area (TPSA) is 85.3 Å². The van der Waals surface area contributed by atoms with Crippen LogP contribution >= 0.6 is 0 Å². The van der Waals surface area contributed by atoms with E-state index in [4.69, 9.17) is 0 Å². The Bertz CT molecular complexity index is 1080. The number of nitrogens with one attached hydrogen (secondary N) is 1. The highest BCUT2D eigenvalue weighted by atomic mass is 19.4. The van der Waals surface area contributed by atoms with Gasteiger partial charge in [0.25, 0.3) is 5.69 Å². The van der Waals surface area contributed by atoms with Gasteiger partial charge in [-0.05, 0) is 38.1 Å². The van der Waals surface area contributed by atoms with Crippen molar-refractivity contribution in [1.29, 1.82) is 0 Å².